The van der Waals surface area contributed by atoms with Gasteiger partial charge in [-0.15, -0.1) is 0 Å². The fraction of sp³-hybridized carbons (Fsp3) is 0.577. The highest BCUT2D eigenvalue weighted by Crippen LogP contribution is 2.34. The van der Waals surface area contributed by atoms with Gasteiger partial charge in [0.05, 0.1) is 16.8 Å². The molecule has 1 atom stereocenters. The monoisotopic (exact) mass is 510 g/mol. The van der Waals surface area contributed by atoms with Crippen molar-refractivity contribution in [1.29, 1.82) is 0 Å². The molecule has 5 rings (SSSR count). The third-order valence-corrected chi connectivity index (χ3v) is 7.92. The van der Waals surface area contributed by atoms with E-state index in [4.69, 9.17) is 5.73 Å². The number of carbonyl (C=O) groups is 5. The van der Waals surface area contributed by atoms with Crippen molar-refractivity contribution in [3.8, 4) is 0 Å². The number of rotatable bonds is 6. The Morgan fingerprint density at radius 2 is 1.68 bits per heavy atom. The van der Waals surface area contributed by atoms with Crippen molar-refractivity contribution >= 4 is 35.2 Å². The first-order valence-corrected chi connectivity index (χ1v) is 13.2. The number of imide groups is 2. The van der Waals surface area contributed by atoms with E-state index in [0.29, 0.717) is 36.3 Å². The molecule has 1 unspecified atom stereocenters. The number of nitrogens with two attached hydrogens (primary N) is 1. The Kier molecular flexibility index (Phi) is 7.25. The second-order valence-corrected chi connectivity index (χ2v) is 10.3. The number of nitrogens with zero attached hydrogens (tertiary/aromatic N) is 4. The van der Waals surface area contributed by atoms with Gasteiger partial charge in [-0.05, 0) is 44.4 Å². The van der Waals surface area contributed by atoms with Crippen LogP contribution in [0, 0.1) is 0 Å². The van der Waals surface area contributed by atoms with Crippen LogP contribution in [-0.2, 0) is 14.4 Å². The number of hydrogen-bond acceptors (Lipinski definition) is 8. The van der Waals surface area contributed by atoms with Gasteiger partial charge in [-0.25, -0.2) is 0 Å². The highest BCUT2D eigenvalue weighted by atomic mass is 16.2. The third-order valence-electron chi connectivity index (χ3n) is 7.92. The number of hydrogen-bond donors (Lipinski definition) is 2. The molecular formula is C26H34N6O5. The lowest BCUT2D eigenvalue weighted by Crippen LogP contribution is -2.54. The van der Waals surface area contributed by atoms with Crippen molar-refractivity contribution in [2.45, 2.75) is 50.6 Å². The molecule has 3 saturated heterocycles. The van der Waals surface area contributed by atoms with Crippen LogP contribution in [0.5, 0.6) is 0 Å². The maximum absolute atomic E-state index is 13.4. The quantitative estimate of drug-likeness (QED) is 0.508. The molecule has 1 aromatic carbocycles. The van der Waals surface area contributed by atoms with Crippen LogP contribution in [0.25, 0.3) is 0 Å². The molecule has 0 radical (unpaired) electrons. The number of fused-ring (bicyclic) bond motifs is 1. The lowest BCUT2D eigenvalue weighted by Gasteiger charge is -2.37. The summed E-state index contributed by atoms with van der Waals surface area (Å²) in [5.74, 6) is -1.77. The highest BCUT2D eigenvalue weighted by Gasteiger charge is 2.46. The van der Waals surface area contributed by atoms with Crippen LogP contribution in [-0.4, -0.2) is 102 Å². The van der Waals surface area contributed by atoms with Gasteiger partial charge >= 0.3 is 0 Å². The number of likely N-dealkylation sites (tertiary alicyclic amines) is 1. The molecule has 11 heteroatoms. The van der Waals surface area contributed by atoms with Crippen LogP contribution in [0.15, 0.2) is 18.2 Å². The van der Waals surface area contributed by atoms with Crippen LogP contribution in [0.1, 0.15) is 59.2 Å². The summed E-state index contributed by atoms with van der Waals surface area (Å²) in [7, 11) is 0. The SMILES string of the molecule is NC1CCN(C(=O)CCCN2CCN(c3cccc4c3C(=O)N(C3CCC(=O)NC3=O)C4=O)CC2)CC1. The van der Waals surface area contributed by atoms with Gasteiger partial charge in [0.15, 0.2) is 0 Å². The van der Waals surface area contributed by atoms with Gasteiger partial charge in [0.25, 0.3) is 11.8 Å². The van der Waals surface area contributed by atoms with Gasteiger partial charge in [-0.1, -0.05) is 6.07 Å². The Labute approximate surface area is 215 Å². The topological polar surface area (TPSA) is 136 Å². The van der Waals surface area contributed by atoms with E-state index in [2.05, 4.69) is 15.1 Å². The van der Waals surface area contributed by atoms with E-state index in [9.17, 15) is 24.0 Å². The van der Waals surface area contributed by atoms with Crippen LogP contribution >= 0.6 is 0 Å². The van der Waals surface area contributed by atoms with Crippen LogP contribution in [0.2, 0.25) is 0 Å². The highest BCUT2D eigenvalue weighted by molar-refractivity contribution is 6.25. The average molecular weight is 511 g/mol. The molecule has 3 N–H and O–H groups in total. The Morgan fingerprint density at radius 3 is 2.38 bits per heavy atom. The van der Waals surface area contributed by atoms with Crippen LogP contribution < -0.4 is 16.0 Å². The number of amides is 5. The molecule has 11 nitrogen and oxygen atoms in total. The summed E-state index contributed by atoms with van der Waals surface area (Å²) in [6, 6.07) is 4.46. The molecule has 0 saturated carbocycles. The van der Waals surface area contributed by atoms with E-state index in [0.717, 1.165) is 56.9 Å². The smallest absolute Gasteiger partial charge is 0.264 e. The Morgan fingerprint density at radius 1 is 0.946 bits per heavy atom. The summed E-state index contributed by atoms with van der Waals surface area (Å²) < 4.78 is 0. The molecule has 0 spiro atoms. The van der Waals surface area contributed by atoms with Crippen molar-refractivity contribution in [3.63, 3.8) is 0 Å². The summed E-state index contributed by atoms with van der Waals surface area (Å²) in [5.41, 5.74) is 7.26. The Bertz CT molecular complexity index is 1110. The lowest BCUT2D eigenvalue weighted by molar-refractivity contribution is -0.136. The minimum absolute atomic E-state index is 0.0937. The summed E-state index contributed by atoms with van der Waals surface area (Å²) >= 11 is 0. The maximum Gasteiger partial charge on any atom is 0.264 e. The van der Waals surface area contributed by atoms with E-state index in [1.807, 2.05) is 11.0 Å². The second kappa shape index (κ2) is 10.6. The molecule has 4 aliphatic rings. The van der Waals surface area contributed by atoms with Gasteiger partial charge in [0, 0.05) is 58.2 Å². The number of carbonyl (C=O) groups excluding carboxylic acids is 5. The molecule has 4 aliphatic heterocycles. The minimum Gasteiger partial charge on any atom is -0.368 e. The standard InChI is InChI=1S/C26H34N6O5/c27-17-8-11-31(12-9-17)22(34)5-2-10-29-13-15-30(16-14-29)19-4-1-3-18-23(19)26(37)32(25(18)36)20-6-7-21(33)28-24(20)35/h1,3-4,17,20H,2,5-16,27H2,(H,28,33,35). The van der Waals surface area contributed by atoms with Crippen molar-refractivity contribution < 1.29 is 24.0 Å². The molecule has 198 valence electrons. The first-order valence-electron chi connectivity index (χ1n) is 13.2. The molecule has 4 heterocycles. The van der Waals surface area contributed by atoms with Crippen molar-refractivity contribution in [3.05, 3.63) is 29.3 Å². The maximum atomic E-state index is 13.4. The largest absolute Gasteiger partial charge is 0.368 e. The zero-order chi connectivity index (χ0) is 26.1. The predicted molar refractivity (Wildman–Crippen MR) is 135 cm³/mol. The van der Waals surface area contributed by atoms with E-state index < -0.39 is 29.7 Å². The summed E-state index contributed by atoms with van der Waals surface area (Å²) in [6.45, 7) is 5.29. The number of nitrogens with one attached hydrogen (secondary N) is 1. The van der Waals surface area contributed by atoms with Gasteiger partial charge in [-0.3, -0.25) is 39.1 Å². The number of benzene rings is 1. The zero-order valence-corrected chi connectivity index (χ0v) is 21.0. The van der Waals surface area contributed by atoms with Crippen LogP contribution in [0.3, 0.4) is 0 Å². The molecule has 0 aromatic heterocycles. The van der Waals surface area contributed by atoms with Gasteiger partial charge in [-0.2, -0.15) is 0 Å². The minimum atomic E-state index is -0.973. The van der Waals surface area contributed by atoms with E-state index in [-0.39, 0.29) is 24.8 Å². The normalized spacial score (nSPS) is 23.5. The second-order valence-electron chi connectivity index (χ2n) is 10.3. The summed E-state index contributed by atoms with van der Waals surface area (Å²) in [4.78, 5) is 70.2. The average Bonchev–Trinajstić information content (AvgIpc) is 3.15. The third kappa shape index (κ3) is 5.10. The van der Waals surface area contributed by atoms with Crippen molar-refractivity contribution in [1.82, 2.24) is 20.0 Å². The van der Waals surface area contributed by atoms with Gasteiger partial charge in [0.1, 0.15) is 6.04 Å². The molecular weight excluding hydrogens is 476 g/mol. The van der Waals surface area contributed by atoms with Crippen molar-refractivity contribution in [2.24, 2.45) is 5.73 Å². The van der Waals surface area contributed by atoms with Gasteiger partial charge in [0.2, 0.25) is 17.7 Å². The molecule has 3 fully saturated rings. The first kappa shape index (κ1) is 25.3. The Hall–Kier alpha value is -3.31. The van der Waals surface area contributed by atoms with E-state index >= 15 is 0 Å². The van der Waals surface area contributed by atoms with Gasteiger partial charge < -0.3 is 15.5 Å². The van der Waals surface area contributed by atoms with E-state index in [1.54, 1.807) is 12.1 Å². The number of anilines is 1. The first-order chi connectivity index (χ1) is 17.8. The Balaban J connectivity index is 1.17. The lowest BCUT2D eigenvalue weighted by atomic mass is 10.0. The number of piperazine rings is 1. The fourth-order valence-corrected chi connectivity index (χ4v) is 5.73. The predicted octanol–water partition coefficient (Wildman–Crippen LogP) is -0.0603. The molecule has 0 aliphatic carbocycles. The summed E-state index contributed by atoms with van der Waals surface area (Å²) in [5, 5.41) is 2.23. The zero-order valence-electron chi connectivity index (χ0n) is 21.0. The number of piperidine rings is 2. The fourth-order valence-electron chi connectivity index (χ4n) is 5.73. The summed E-state index contributed by atoms with van der Waals surface area (Å²) in [6.07, 6.45) is 3.31. The molecule has 5 amide bonds. The van der Waals surface area contributed by atoms with Crippen LogP contribution in [0.4, 0.5) is 5.69 Å². The molecule has 0 bridgehead atoms. The molecule has 37 heavy (non-hydrogen) atoms. The van der Waals surface area contributed by atoms with E-state index in [1.165, 1.54) is 0 Å². The van der Waals surface area contributed by atoms with Crippen molar-refractivity contribution in [2.75, 3.05) is 50.7 Å². The molecule has 1 aromatic rings.